The number of hydrogen-bond donors (Lipinski definition) is 10. The fourth-order valence-electron chi connectivity index (χ4n) is 8.30. The highest BCUT2D eigenvalue weighted by Gasteiger charge is 2.54. The van der Waals surface area contributed by atoms with E-state index in [2.05, 4.69) is 5.32 Å². The minimum absolute atomic E-state index is 0.0898. The third-order valence-electron chi connectivity index (χ3n) is 11.4. The molecule has 23 nitrogen and oxygen atoms in total. The van der Waals surface area contributed by atoms with Crippen molar-refractivity contribution in [2.45, 2.75) is 136 Å². The summed E-state index contributed by atoms with van der Waals surface area (Å²) in [6.45, 7) is -1.29. The maximum Gasteiger partial charge on any atom is 0.321 e. The second-order valence-corrected chi connectivity index (χ2v) is 14.9. The summed E-state index contributed by atoms with van der Waals surface area (Å²) in [5.41, 5.74) is 0. The number of likely N-dealkylation sites (N-methyl/N-ethyl adjacent to an activating group) is 1. The number of carbonyl (C=O) groups is 4. The Labute approximate surface area is 320 Å². The van der Waals surface area contributed by atoms with Crippen molar-refractivity contribution in [3.63, 3.8) is 0 Å². The van der Waals surface area contributed by atoms with Gasteiger partial charge in [0.05, 0.1) is 50.2 Å². The van der Waals surface area contributed by atoms with Crippen LogP contribution in [0.15, 0.2) is 0 Å². The number of aliphatic hydroxyl groups excluding tert-OH is 9. The molecule has 23 heteroatoms. The van der Waals surface area contributed by atoms with Crippen LogP contribution in [0.4, 0.5) is 4.79 Å². The maximum atomic E-state index is 14.6. The number of nitrogens with zero attached hydrogens (tertiary/aromatic N) is 3. The molecule has 0 aliphatic carbocycles. The zero-order chi connectivity index (χ0) is 40.7. The van der Waals surface area contributed by atoms with Gasteiger partial charge < -0.3 is 94.4 Å². The van der Waals surface area contributed by atoms with Crippen LogP contribution in [0, 0.1) is 0 Å². The molecular weight excluding hydrogens is 756 g/mol. The number of rotatable bonds is 12. The molecule has 0 aromatic heterocycles. The Balaban J connectivity index is 1.23. The van der Waals surface area contributed by atoms with E-state index >= 15 is 0 Å². The SMILES string of the molecule is CNC(=O)[C@@H]1C[C@@H](O[C@H]2O[C@@H](CO)[C@H](O)[C@H]2O)CN1C(=O)N1C[C@H](O[C@H]2O[C@@H](CO)[C@H](O)[C@H]2O)C[C@H]1C(=O)[C@@H]1C[C@@H](O[C@H]2O[C@@H](CO)[C@H](O)[C@H]2O)CN1C(C)=O. The molecule has 0 unspecified atom stereocenters. The first-order valence-electron chi connectivity index (χ1n) is 18.6. The van der Waals surface area contributed by atoms with Gasteiger partial charge in [0.25, 0.3) is 0 Å². The largest absolute Gasteiger partial charge is 0.394 e. The van der Waals surface area contributed by atoms with Crippen LogP contribution in [0.3, 0.4) is 0 Å². The zero-order valence-electron chi connectivity index (χ0n) is 30.7. The molecule has 0 bridgehead atoms. The summed E-state index contributed by atoms with van der Waals surface area (Å²) in [5.74, 6) is -1.73. The van der Waals surface area contributed by atoms with Gasteiger partial charge in [0.15, 0.2) is 24.7 Å². The van der Waals surface area contributed by atoms with Crippen LogP contribution < -0.4 is 5.32 Å². The molecular formula is C33H52N4O19. The second kappa shape index (κ2) is 17.6. The number of likely N-dealkylation sites (tertiary alicyclic amines) is 3. The lowest BCUT2D eigenvalue weighted by atomic mass is 9.99. The van der Waals surface area contributed by atoms with E-state index in [-0.39, 0.29) is 38.9 Å². The van der Waals surface area contributed by atoms with Crippen molar-refractivity contribution in [1.29, 1.82) is 0 Å². The number of nitrogens with one attached hydrogen (secondary N) is 1. The standard InChI is InChI=1S/C33H52N4O19/c1-12(41)35-6-13(51-30-26(46)23(43)19(9-38)54-30)3-16(35)22(42)17-4-14(52-31-27(47)24(44)20(10-39)55-31)7-36(17)33(50)37-8-15(5-18(37)29(49)34-2)53-32-28(48)25(45)21(11-40)56-32/h13-21,23-28,30-32,38-40,43-48H,3-11H2,1-2H3,(H,34,49)/t13-,14-,15-,16+,17+,18+,19+,20+,21+,23+,24+,25+,26-,27-,28-,30+,31+,32+/m1/s1. The number of hydrogen-bond acceptors (Lipinski definition) is 19. The smallest absolute Gasteiger partial charge is 0.321 e. The molecule has 0 radical (unpaired) electrons. The molecule has 0 aromatic carbocycles. The Morgan fingerprint density at radius 1 is 0.571 bits per heavy atom. The number of aliphatic hydroxyl groups is 9. The number of Topliss-reactive ketones (excluding diaryl/α,β-unsaturated/α-hetero) is 1. The molecule has 0 aromatic rings. The maximum absolute atomic E-state index is 14.6. The molecule has 6 saturated heterocycles. The zero-order valence-corrected chi connectivity index (χ0v) is 30.7. The van der Waals surface area contributed by atoms with E-state index in [0.717, 1.165) is 9.80 Å². The molecule has 318 valence electrons. The number of carbonyl (C=O) groups excluding carboxylic acids is 4. The van der Waals surface area contributed by atoms with Gasteiger partial charge in [0.1, 0.15) is 61.0 Å². The van der Waals surface area contributed by atoms with E-state index in [1.54, 1.807) is 0 Å². The topological polar surface area (TPSA) is 327 Å². The third-order valence-corrected chi connectivity index (χ3v) is 11.4. The highest BCUT2D eigenvalue weighted by Crippen LogP contribution is 2.35. The molecule has 6 heterocycles. The molecule has 6 aliphatic rings. The van der Waals surface area contributed by atoms with Gasteiger partial charge in [-0.1, -0.05) is 0 Å². The van der Waals surface area contributed by atoms with E-state index in [1.807, 2.05) is 0 Å². The van der Waals surface area contributed by atoms with Gasteiger partial charge in [-0.3, -0.25) is 14.4 Å². The lowest BCUT2D eigenvalue weighted by Gasteiger charge is -2.33. The van der Waals surface area contributed by atoms with Gasteiger partial charge in [-0.05, 0) is 0 Å². The van der Waals surface area contributed by atoms with E-state index in [4.69, 9.17) is 28.4 Å². The predicted octanol–water partition coefficient (Wildman–Crippen LogP) is -7.34. The molecule has 56 heavy (non-hydrogen) atoms. The number of amides is 4. The molecule has 10 N–H and O–H groups in total. The Bertz CT molecular complexity index is 1430. The van der Waals surface area contributed by atoms with Crippen LogP contribution in [-0.2, 0) is 42.8 Å². The van der Waals surface area contributed by atoms with Crippen molar-refractivity contribution < 1.29 is 93.6 Å². The fourth-order valence-corrected chi connectivity index (χ4v) is 8.30. The van der Waals surface area contributed by atoms with Gasteiger partial charge in [-0.2, -0.15) is 0 Å². The average Bonchev–Trinajstić information content (AvgIpc) is 4.04. The Hall–Kier alpha value is -2.72. The van der Waals surface area contributed by atoms with Crippen LogP contribution in [-0.4, -0.2) is 241 Å². The van der Waals surface area contributed by atoms with Crippen molar-refractivity contribution in [1.82, 2.24) is 20.0 Å². The van der Waals surface area contributed by atoms with Crippen LogP contribution in [0.1, 0.15) is 26.2 Å². The van der Waals surface area contributed by atoms with E-state index < -0.39 is 154 Å². The highest BCUT2D eigenvalue weighted by atomic mass is 16.7. The average molecular weight is 809 g/mol. The number of ketones is 1. The summed E-state index contributed by atoms with van der Waals surface area (Å²) in [5, 5.41) is 93.1. The number of ether oxygens (including phenoxy) is 6. The van der Waals surface area contributed by atoms with Crippen LogP contribution >= 0.6 is 0 Å². The molecule has 6 rings (SSSR count). The molecule has 6 aliphatic heterocycles. The summed E-state index contributed by atoms with van der Waals surface area (Å²) in [4.78, 5) is 58.7. The molecule has 0 spiro atoms. The van der Waals surface area contributed by atoms with Crippen LogP contribution in [0.5, 0.6) is 0 Å². The van der Waals surface area contributed by atoms with Gasteiger partial charge in [0, 0.05) is 52.9 Å². The van der Waals surface area contributed by atoms with Crippen molar-refractivity contribution in [2.75, 3.05) is 46.5 Å². The summed E-state index contributed by atoms with van der Waals surface area (Å²) < 4.78 is 34.0. The summed E-state index contributed by atoms with van der Waals surface area (Å²) in [6.07, 6.45) is -20.0. The highest BCUT2D eigenvalue weighted by molar-refractivity contribution is 5.96. The first-order valence-corrected chi connectivity index (χ1v) is 18.6. The predicted molar refractivity (Wildman–Crippen MR) is 178 cm³/mol. The molecule has 4 amide bonds. The van der Waals surface area contributed by atoms with Gasteiger partial charge in [0.2, 0.25) is 11.8 Å². The lowest BCUT2D eigenvalue weighted by molar-refractivity contribution is -0.191. The normalized spacial score (nSPS) is 43.9. The third kappa shape index (κ3) is 8.26. The Kier molecular flexibility index (Phi) is 13.5. The molecule has 18 atom stereocenters. The second-order valence-electron chi connectivity index (χ2n) is 14.9. The van der Waals surface area contributed by atoms with Crippen molar-refractivity contribution in [2.24, 2.45) is 0 Å². The first-order chi connectivity index (χ1) is 26.6. The van der Waals surface area contributed by atoms with E-state index in [1.165, 1.54) is 18.9 Å². The summed E-state index contributed by atoms with van der Waals surface area (Å²) in [6, 6.07) is -4.46. The minimum Gasteiger partial charge on any atom is -0.394 e. The van der Waals surface area contributed by atoms with E-state index in [0.29, 0.717) is 0 Å². The number of urea groups is 1. The van der Waals surface area contributed by atoms with Gasteiger partial charge >= 0.3 is 6.03 Å². The quantitative estimate of drug-likeness (QED) is 0.0875. The van der Waals surface area contributed by atoms with Gasteiger partial charge in [-0.25, -0.2) is 4.79 Å². The minimum atomic E-state index is -1.59. The van der Waals surface area contributed by atoms with Crippen LogP contribution in [0.2, 0.25) is 0 Å². The fraction of sp³-hybridized carbons (Fsp3) is 0.879. The van der Waals surface area contributed by atoms with Crippen molar-refractivity contribution >= 4 is 23.6 Å². The Morgan fingerprint density at radius 2 is 0.911 bits per heavy atom. The lowest BCUT2D eigenvalue weighted by Crippen LogP contribution is -2.55. The van der Waals surface area contributed by atoms with Crippen LogP contribution in [0.25, 0.3) is 0 Å². The summed E-state index contributed by atoms with van der Waals surface area (Å²) >= 11 is 0. The first kappa shape index (κ1) is 42.9. The Morgan fingerprint density at radius 3 is 1.25 bits per heavy atom. The van der Waals surface area contributed by atoms with Crippen molar-refractivity contribution in [3.8, 4) is 0 Å². The summed E-state index contributed by atoms with van der Waals surface area (Å²) in [7, 11) is 1.35. The van der Waals surface area contributed by atoms with E-state index in [9.17, 15) is 65.1 Å². The molecule has 0 saturated carbocycles. The van der Waals surface area contributed by atoms with Gasteiger partial charge in [-0.15, -0.1) is 0 Å². The monoisotopic (exact) mass is 808 g/mol. The van der Waals surface area contributed by atoms with Crippen molar-refractivity contribution in [3.05, 3.63) is 0 Å². The molecule has 6 fully saturated rings.